The van der Waals surface area contributed by atoms with Crippen LogP contribution in [0.3, 0.4) is 0 Å². The van der Waals surface area contributed by atoms with Gasteiger partial charge in [0, 0.05) is 18.4 Å². The Morgan fingerprint density at radius 3 is 2.50 bits per heavy atom. The highest BCUT2D eigenvalue weighted by molar-refractivity contribution is 5.75. The zero-order valence-electron chi connectivity index (χ0n) is 11.8. The van der Waals surface area contributed by atoms with Crippen LogP contribution < -0.4 is 5.32 Å². The number of rotatable bonds is 8. The van der Waals surface area contributed by atoms with Gasteiger partial charge >= 0.3 is 0 Å². The van der Waals surface area contributed by atoms with Crippen LogP contribution in [0.2, 0.25) is 0 Å². The van der Waals surface area contributed by atoms with Crippen molar-refractivity contribution in [2.24, 2.45) is 5.41 Å². The predicted octanol–water partition coefficient (Wildman–Crippen LogP) is 3.02. The van der Waals surface area contributed by atoms with E-state index < -0.39 is 0 Å². The molecule has 1 aliphatic carbocycles. The minimum Gasteiger partial charge on any atom is -0.396 e. The number of hydrogen-bond acceptors (Lipinski definition) is 2. The molecule has 0 saturated heterocycles. The molecule has 3 nitrogen and oxygen atoms in total. The standard InChI is InChI=1S/C15H29NO2/c1-2-3-4-6-9-14(18)16-12-15(13-17)10-7-5-8-11-15/h17H,2-13H2,1H3,(H,16,18). The van der Waals surface area contributed by atoms with Crippen molar-refractivity contribution in [1.82, 2.24) is 5.32 Å². The fraction of sp³-hybridized carbons (Fsp3) is 0.933. The van der Waals surface area contributed by atoms with Gasteiger partial charge in [0.25, 0.3) is 0 Å². The smallest absolute Gasteiger partial charge is 0.220 e. The van der Waals surface area contributed by atoms with Crippen LogP contribution in [-0.2, 0) is 4.79 Å². The summed E-state index contributed by atoms with van der Waals surface area (Å²) in [7, 11) is 0. The van der Waals surface area contributed by atoms with E-state index in [9.17, 15) is 9.90 Å². The van der Waals surface area contributed by atoms with Crippen molar-refractivity contribution in [1.29, 1.82) is 0 Å². The van der Waals surface area contributed by atoms with E-state index >= 15 is 0 Å². The molecule has 0 heterocycles. The second-order valence-electron chi connectivity index (χ2n) is 5.81. The Labute approximate surface area is 111 Å². The summed E-state index contributed by atoms with van der Waals surface area (Å²) in [4.78, 5) is 11.7. The third kappa shape index (κ3) is 5.38. The topological polar surface area (TPSA) is 49.3 Å². The van der Waals surface area contributed by atoms with Gasteiger partial charge in [0.05, 0.1) is 6.61 Å². The molecule has 0 aromatic carbocycles. The highest BCUT2D eigenvalue weighted by Crippen LogP contribution is 2.35. The fourth-order valence-electron chi connectivity index (χ4n) is 2.78. The van der Waals surface area contributed by atoms with Crippen LogP contribution in [0, 0.1) is 5.41 Å². The normalized spacial score (nSPS) is 18.6. The van der Waals surface area contributed by atoms with Crippen molar-refractivity contribution in [2.75, 3.05) is 13.2 Å². The van der Waals surface area contributed by atoms with Gasteiger partial charge in [-0.2, -0.15) is 0 Å². The first-order chi connectivity index (χ1) is 8.72. The van der Waals surface area contributed by atoms with Crippen molar-refractivity contribution in [3.05, 3.63) is 0 Å². The average Bonchev–Trinajstić information content (AvgIpc) is 2.42. The maximum atomic E-state index is 11.7. The lowest BCUT2D eigenvalue weighted by Crippen LogP contribution is -2.41. The molecule has 1 aliphatic rings. The van der Waals surface area contributed by atoms with Crippen LogP contribution in [0.25, 0.3) is 0 Å². The predicted molar refractivity (Wildman–Crippen MR) is 74.4 cm³/mol. The highest BCUT2D eigenvalue weighted by atomic mass is 16.3. The number of unbranched alkanes of at least 4 members (excludes halogenated alkanes) is 3. The summed E-state index contributed by atoms with van der Waals surface area (Å²) < 4.78 is 0. The zero-order chi connectivity index (χ0) is 13.3. The lowest BCUT2D eigenvalue weighted by molar-refractivity contribution is -0.122. The number of aliphatic hydroxyl groups is 1. The molecule has 0 spiro atoms. The van der Waals surface area contributed by atoms with Crippen LogP contribution in [0.5, 0.6) is 0 Å². The largest absolute Gasteiger partial charge is 0.396 e. The second-order valence-corrected chi connectivity index (χ2v) is 5.81. The minimum atomic E-state index is -0.0304. The third-order valence-electron chi connectivity index (χ3n) is 4.17. The van der Waals surface area contributed by atoms with E-state index in [-0.39, 0.29) is 17.9 Å². The molecule has 0 radical (unpaired) electrons. The molecular formula is C15H29NO2. The van der Waals surface area contributed by atoms with Crippen LogP contribution in [-0.4, -0.2) is 24.2 Å². The van der Waals surface area contributed by atoms with Crippen LogP contribution >= 0.6 is 0 Å². The Kier molecular flexibility index (Phi) is 7.33. The van der Waals surface area contributed by atoms with Gasteiger partial charge in [0.1, 0.15) is 0 Å². The molecular weight excluding hydrogens is 226 g/mol. The highest BCUT2D eigenvalue weighted by Gasteiger charge is 2.31. The number of nitrogens with one attached hydrogen (secondary N) is 1. The van der Waals surface area contributed by atoms with Gasteiger partial charge in [-0.3, -0.25) is 4.79 Å². The van der Waals surface area contributed by atoms with Gasteiger partial charge in [-0.05, 0) is 19.3 Å². The summed E-state index contributed by atoms with van der Waals surface area (Å²) in [6, 6.07) is 0. The monoisotopic (exact) mass is 255 g/mol. The molecule has 1 fully saturated rings. The van der Waals surface area contributed by atoms with E-state index in [1.165, 1.54) is 32.1 Å². The molecule has 1 amide bonds. The van der Waals surface area contributed by atoms with Crippen molar-refractivity contribution in [3.8, 4) is 0 Å². The summed E-state index contributed by atoms with van der Waals surface area (Å²) in [6.07, 6.45) is 11.0. The molecule has 0 aromatic heterocycles. The molecule has 18 heavy (non-hydrogen) atoms. The van der Waals surface area contributed by atoms with Gasteiger partial charge in [0.2, 0.25) is 5.91 Å². The Bertz CT molecular complexity index is 235. The Morgan fingerprint density at radius 2 is 1.89 bits per heavy atom. The van der Waals surface area contributed by atoms with Gasteiger partial charge in [0.15, 0.2) is 0 Å². The van der Waals surface area contributed by atoms with Crippen molar-refractivity contribution in [3.63, 3.8) is 0 Å². The first kappa shape index (κ1) is 15.5. The van der Waals surface area contributed by atoms with E-state index in [4.69, 9.17) is 0 Å². The van der Waals surface area contributed by atoms with E-state index in [2.05, 4.69) is 12.2 Å². The van der Waals surface area contributed by atoms with Crippen LogP contribution in [0.15, 0.2) is 0 Å². The van der Waals surface area contributed by atoms with Crippen LogP contribution in [0.4, 0.5) is 0 Å². The number of aliphatic hydroxyl groups excluding tert-OH is 1. The number of amides is 1. The van der Waals surface area contributed by atoms with Gasteiger partial charge in [-0.25, -0.2) is 0 Å². The summed E-state index contributed by atoms with van der Waals surface area (Å²) >= 11 is 0. The molecule has 2 N–H and O–H groups in total. The summed E-state index contributed by atoms with van der Waals surface area (Å²) in [5.74, 6) is 0.157. The van der Waals surface area contributed by atoms with E-state index in [1.807, 2.05) is 0 Å². The van der Waals surface area contributed by atoms with Crippen LogP contribution in [0.1, 0.15) is 71.1 Å². The Morgan fingerprint density at radius 1 is 1.17 bits per heavy atom. The van der Waals surface area contributed by atoms with E-state index in [0.717, 1.165) is 25.7 Å². The number of hydrogen-bond donors (Lipinski definition) is 2. The first-order valence-electron chi connectivity index (χ1n) is 7.60. The third-order valence-corrected chi connectivity index (χ3v) is 4.17. The molecule has 106 valence electrons. The quantitative estimate of drug-likeness (QED) is 0.655. The minimum absolute atomic E-state index is 0.0304. The Balaban J connectivity index is 2.19. The molecule has 0 atom stereocenters. The maximum Gasteiger partial charge on any atom is 0.220 e. The van der Waals surface area contributed by atoms with E-state index in [0.29, 0.717) is 13.0 Å². The number of carbonyl (C=O) groups is 1. The van der Waals surface area contributed by atoms with Crippen molar-refractivity contribution >= 4 is 5.91 Å². The lowest BCUT2D eigenvalue weighted by atomic mass is 9.74. The molecule has 1 saturated carbocycles. The lowest BCUT2D eigenvalue weighted by Gasteiger charge is -2.35. The van der Waals surface area contributed by atoms with Crippen molar-refractivity contribution < 1.29 is 9.90 Å². The molecule has 1 rings (SSSR count). The average molecular weight is 255 g/mol. The molecule has 0 unspecified atom stereocenters. The van der Waals surface area contributed by atoms with Gasteiger partial charge < -0.3 is 10.4 Å². The van der Waals surface area contributed by atoms with Gasteiger partial charge in [-0.1, -0.05) is 45.4 Å². The first-order valence-corrected chi connectivity index (χ1v) is 7.60. The summed E-state index contributed by atoms with van der Waals surface area (Å²) in [5.41, 5.74) is -0.0304. The molecule has 0 bridgehead atoms. The molecule has 0 aliphatic heterocycles. The zero-order valence-corrected chi connectivity index (χ0v) is 11.8. The fourth-order valence-corrected chi connectivity index (χ4v) is 2.78. The number of carbonyl (C=O) groups excluding carboxylic acids is 1. The molecule has 3 heteroatoms. The maximum absolute atomic E-state index is 11.7. The van der Waals surface area contributed by atoms with Crippen molar-refractivity contribution in [2.45, 2.75) is 71.1 Å². The Hall–Kier alpha value is -0.570. The second kappa shape index (κ2) is 8.52. The van der Waals surface area contributed by atoms with Gasteiger partial charge in [-0.15, -0.1) is 0 Å². The SMILES string of the molecule is CCCCCCC(=O)NCC1(CO)CCCCC1. The van der Waals surface area contributed by atoms with E-state index in [1.54, 1.807) is 0 Å². The summed E-state index contributed by atoms with van der Waals surface area (Å²) in [5, 5.41) is 12.6. The summed E-state index contributed by atoms with van der Waals surface area (Å²) in [6.45, 7) is 3.05. The molecule has 0 aromatic rings.